The van der Waals surface area contributed by atoms with Crippen LogP contribution in [-0.4, -0.2) is 5.97 Å². The van der Waals surface area contributed by atoms with Crippen molar-refractivity contribution in [2.45, 2.75) is 59.8 Å². The number of carboxylic acids is 1. The van der Waals surface area contributed by atoms with Crippen LogP contribution in [-0.2, 0) is 27.2 Å². The van der Waals surface area contributed by atoms with Crippen LogP contribution in [0.3, 0.4) is 0 Å². The molecular weight excluding hydrogens is 344 g/mol. The van der Waals surface area contributed by atoms with Gasteiger partial charge in [-0.3, -0.25) is 0 Å². The first kappa shape index (κ1) is 21.7. The van der Waals surface area contributed by atoms with Gasteiger partial charge in [0.15, 0.2) is 0 Å². The van der Waals surface area contributed by atoms with Gasteiger partial charge in [-0.25, -0.2) is 0 Å². The van der Waals surface area contributed by atoms with E-state index < -0.39 is 5.97 Å². The summed E-state index contributed by atoms with van der Waals surface area (Å²) in [6.07, 6.45) is 4.27. The predicted octanol–water partition coefficient (Wildman–Crippen LogP) is 3.73. The molecule has 0 heterocycles. The molecule has 0 saturated heterocycles. The average molecular weight is 371 g/mol. The summed E-state index contributed by atoms with van der Waals surface area (Å²) in [6, 6.07) is 10.3. The van der Waals surface area contributed by atoms with Crippen LogP contribution >= 0.6 is 0 Å². The molecule has 0 aromatic heterocycles. The predicted molar refractivity (Wildman–Crippen MR) is 78.7 cm³/mol. The maximum Gasteiger partial charge on any atom is 1.00 e. The molecule has 0 bridgehead atoms. The third-order valence-corrected chi connectivity index (χ3v) is 2.75. The molecule has 1 aromatic rings. The van der Waals surface area contributed by atoms with E-state index in [-0.39, 0.29) is 28.8 Å². The first-order valence-corrected chi connectivity index (χ1v) is 7.03. The van der Waals surface area contributed by atoms with E-state index in [0.717, 1.165) is 19.3 Å². The van der Waals surface area contributed by atoms with E-state index in [9.17, 15) is 9.90 Å². The van der Waals surface area contributed by atoms with Crippen LogP contribution in [0.25, 0.3) is 0 Å². The van der Waals surface area contributed by atoms with E-state index in [4.69, 9.17) is 0 Å². The largest absolute Gasteiger partial charge is 1.00 e. The van der Waals surface area contributed by atoms with Crippen LogP contribution < -0.4 is 5.11 Å². The van der Waals surface area contributed by atoms with Crippen LogP contribution in [0.5, 0.6) is 0 Å². The van der Waals surface area contributed by atoms with Crippen molar-refractivity contribution < 1.29 is 32.3 Å². The van der Waals surface area contributed by atoms with Crippen molar-refractivity contribution in [3.8, 4) is 0 Å². The zero-order chi connectivity index (χ0) is 14.7. The fraction of sp³-hybridized carbons (Fsp3) is 0.588. The number of carbonyl (C=O) groups is 1. The topological polar surface area (TPSA) is 40.1 Å². The molecule has 2 nitrogen and oxygen atoms in total. The Morgan fingerprint density at radius 3 is 1.95 bits per heavy atom. The maximum atomic E-state index is 10.0. The van der Waals surface area contributed by atoms with E-state index in [2.05, 4.69) is 39.8 Å². The normalized spacial score (nSPS) is 10.0. The molecule has 0 radical (unpaired) electrons. The third-order valence-electron chi connectivity index (χ3n) is 2.75. The number of aliphatic carboxylic acids is 1. The zero-order valence-electron chi connectivity index (χ0n) is 13.0. The van der Waals surface area contributed by atoms with Gasteiger partial charge in [-0.1, -0.05) is 69.5 Å². The van der Waals surface area contributed by atoms with Crippen molar-refractivity contribution in [3.05, 3.63) is 35.9 Å². The SMILES string of the molecule is CC(C)(C)CCCCCC(=O)[O-].Cc1ccccc1.[Ag+]. The summed E-state index contributed by atoms with van der Waals surface area (Å²) >= 11 is 0. The fourth-order valence-corrected chi connectivity index (χ4v) is 1.64. The number of rotatable bonds is 5. The van der Waals surface area contributed by atoms with Crippen molar-refractivity contribution in [1.29, 1.82) is 0 Å². The van der Waals surface area contributed by atoms with Gasteiger partial charge in [-0.05, 0) is 31.6 Å². The minimum atomic E-state index is -0.925. The van der Waals surface area contributed by atoms with Gasteiger partial charge in [-0.15, -0.1) is 0 Å². The molecule has 0 atom stereocenters. The quantitative estimate of drug-likeness (QED) is 0.585. The number of hydrogen-bond acceptors (Lipinski definition) is 2. The van der Waals surface area contributed by atoms with Gasteiger partial charge in [-0.2, -0.15) is 0 Å². The van der Waals surface area contributed by atoms with E-state index >= 15 is 0 Å². The summed E-state index contributed by atoms with van der Waals surface area (Å²) < 4.78 is 0. The van der Waals surface area contributed by atoms with Gasteiger partial charge in [0.05, 0.1) is 0 Å². The summed E-state index contributed by atoms with van der Waals surface area (Å²) in [5.74, 6) is -0.925. The fourth-order valence-electron chi connectivity index (χ4n) is 1.64. The molecule has 118 valence electrons. The van der Waals surface area contributed by atoms with Crippen LogP contribution in [0, 0.1) is 12.3 Å². The Hall–Kier alpha value is -0.570. The molecule has 0 aliphatic rings. The molecule has 0 fully saturated rings. The molecule has 1 rings (SSSR count). The molecule has 0 amide bonds. The Morgan fingerprint density at radius 2 is 1.60 bits per heavy atom. The number of aryl methyl sites for hydroxylation is 1. The Kier molecular flexibility index (Phi) is 13.2. The van der Waals surface area contributed by atoms with Crippen molar-refractivity contribution >= 4 is 5.97 Å². The second-order valence-corrected chi connectivity index (χ2v) is 6.15. The number of unbranched alkanes of at least 4 members (excludes halogenated alkanes) is 2. The Labute approximate surface area is 139 Å². The molecule has 0 unspecified atom stereocenters. The number of carboxylic acid groups (broad SMARTS) is 1. The minimum Gasteiger partial charge on any atom is -0.550 e. The monoisotopic (exact) mass is 370 g/mol. The number of hydrogen-bond donors (Lipinski definition) is 0. The van der Waals surface area contributed by atoms with E-state index in [1.165, 1.54) is 12.0 Å². The van der Waals surface area contributed by atoms with Gasteiger partial charge in [0.25, 0.3) is 0 Å². The summed E-state index contributed by atoms with van der Waals surface area (Å²) in [6.45, 7) is 8.68. The Balaban J connectivity index is 0. The number of carbonyl (C=O) groups excluding carboxylic acids is 1. The van der Waals surface area contributed by atoms with Crippen molar-refractivity contribution in [1.82, 2.24) is 0 Å². The molecule has 0 spiro atoms. The van der Waals surface area contributed by atoms with Crippen LogP contribution in [0.2, 0.25) is 0 Å². The molecule has 0 aliphatic carbocycles. The summed E-state index contributed by atoms with van der Waals surface area (Å²) in [4.78, 5) is 10.0. The van der Waals surface area contributed by atoms with Gasteiger partial charge >= 0.3 is 22.4 Å². The van der Waals surface area contributed by atoms with Crippen LogP contribution in [0.15, 0.2) is 30.3 Å². The maximum absolute atomic E-state index is 10.0. The molecule has 3 heteroatoms. The summed E-state index contributed by atoms with van der Waals surface area (Å²) in [5, 5.41) is 10.0. The second kappa shape index (κ2) is 12.2. The van der Waals surface area contributed by atoms with Gasteiger partial charge in [0.1, 0.15) is 0 Å². The molecule has 1 aromatic carbocycles. The minimum absolute atomic E-state index is 0. The van der Waals surface area contributed by atoms with Crippen LogP contribution in [0.4, 0.5) is 0 Å². The Bertz CT molecular complexity index is 342. The molecular formula is C17H27AgO2. The molecule has 20 heavy (non-hydrogen) atoms. The third kappa shape index (κ3) is 17.4. The zero-order valence-corrected chi connectivity index (χ0v) is 14.5. The molecule has 0 saturated carbocycles. The first-order valence-electron chi connectivity index (χ1n) is 7.03. The van der Waals surface area contributed by atoms with Crippen molar-refractivity contribution in [3.63, 3.8) is 0 Å². The molecule has 0 aliphatic heterocycles. The van der Waals surface area contributed by atoms with Crippen LogP contribution in [0.1, 0.15) is 58.4 Å². The van der Waals surface area contributed by atoms with Crippen molar-refractivity contribution in [2.24, 2.45) is 5.41 Å². The average Bonchev–Trinajstić information content (AvgIpc) is 2.28. The summed E-state index contributed by atoms with van der Waals surface area (Å²) in [5.41, 5.74) is 1.70. The first-order chi connectivity index (χ1) is 8.81. The van der Waals surface area contributed by atoms with E-state index in [1.54, 1.807) is 0 Å². The summed E-state index contributed by atoms with van der Waals surface area (Å²) in [7, 11) is 0. The number of benzene rings is 1. The van der Waals surface area contributed by atoms with E-state index in [0.29, 0.717) is 5.41 Å². The van der Waals surface area contributed by atoms with E-state index in [1.807, 2.05) is 18.2 Å². The van der Waals surface area contributed by atoms with Gasteiger partial charge in [0, 0.05) is 5.97 Å². The molecule has 0 N–H and O–H groups in total. The van der Waals surface area contributed by atoms with Crippen molar-refractivity contribution in [2.75, 3.05) is 0 Å². The Morgan fingerprint density at radius 1 is 1.05 bits per heavy atom. The standard InChI is InChI=1S/C10H20O2.C7H8.Ag/c1-10(2,3)8-6-4-5-7-9(11)12;1-7-5-3-2-4-6-7;/h4-8H2,1-3H3,(H,11,12);2-6H,1H3;/q;;+1/p-1. The van der Waals surface area contributed by atoms with Gasteiger partial charge < -0.3 is 9.90 Å². The smallest absolute Gasteiger partial charge is 0.550 e. The second-order valence-electron chi connectivity index (χ2n) is 6.15. The van der Waals surface area contributed by atoms with Gasteiger partial charge in [0.2, 0.25) is 0 Å².